The van der Waals surface area contributed by atoms with Crippen molar-refractivity contribution in [1.29, 1.82) is 0 Å². The van der Waals surface area contributed by atoms with Gasteiger partial charge in [0.05, 0.1) is 17.3 Å². The molecule has 0 N–H and O–H groups in total. The summed E-state index contributed by atoms with van der Waals surface area (Å²) in [7, 11) is 0. The van der Waals surface area contributed by atoms with E-state index in [1.54, 1.807) is 24.4 Å². The van der Waals surface area contributed by atoms with Crippen molar-refractivity contribution in [3.63, 3.8) is 0 Å². The summed E-state index contributed by atoms with van der Waals surface area (Å²) in [6, 6.07) is 17.4. The number of fused-ring (bicyclic) bond motifs is 1. The Bertz CT molecular complexity index is 874. The van der Waals surface area contributed by atoms with Gasteiger partial charge in [0, 0.05) is 16.8 Å². The van der Waals surface area contributed by atoms with Crippen LogP contribution in [-0.4, -0.2) is 12.8 Å². The lowest BCUT2D eigenvalue weighted by molar-refractivity contribution is 0.340. The average Bonchev–Trinajstić information content (AvgIpc) is 2.57. The van der Waals surface area contributed by atoms with Crippen LogP contribution in [0.1, 0.15) is 12.5 Å². The Balaban J connectivity index is 2.12. The quantitative estimate of drug-likeness (QED) is 0.509. The van der Waals surface area contributed by atoms with E-state index < -0.39 is 0 Å². The van der Waals surface area contributed by atoms with Gasteiger partial charge in [-0.05, 0) is 42.0 Å². The molecule has 0 bridgehead atoms. The van der Waals surface area contributed by atoms with Crippen LogP contribution < -0.4 is 4.74 Å². The Morgan fingerprint density at radius 1 is 1.04 bits per heavy atom. The molecule has 0 amide bonds. The molecule has 0 spiro atoms. The van der Waals surface area contributed by atoms with Crippen LogP contribution in [0.4, 0.5) is 5.69 Å². The first kappa shape index (κ1) is 15.9. The van der Waals surface area contributed by atoms with Crippen molar-refractivity contribution < 1.29 is 4.74 Å². The maximum absolute atomic E-state index is 6.18. The van der Waals surface area contributed by atoms with E-state index in [1.807, 2.05) is 31.2 Å². The van der Waals surface area contributed by atoms with Crippen LogP contribution in [-0.2, 0) is 0 Å². The minimum atomic E-state index is 0.559. The molecule has 0 saturated heterocycles. The Morgan fingerprint density at radius 2 is 1.87 bits per heavy atom. The number of aliphatic imine (C=N–C) groups is 1. The van der Waals surface area contributed by atoms with Crippen molar-refractivity contribution in [3.8, 4) is 5.75 Å². The third-order valence-corrected chi connectivity index (χ3v) is 4.03. The summed E-state index contributed by atoms with van der Waals surface area (Å²) < 4.78 is 5.74. The summed E-state index contributed by atoms with van der Waals surface area (Å²) in [6.45, 7) is 2.56. The predicted molar refractivity (Wildman–Crippen MR) is 98.8 cm³/mol. The van der Waals surface area contributed by atoms with Crippen LogP contribution >= 0.6 is 23.2 Å². The van der Waals surface area contributed by atoms with Crippen molar-refractivity contribution in [2.75, 3.05) is 6.61 Å². The molecule has 3 rings (SSSR count). The second-order valence-electron chi connectivity index (χ2n) is 4.99. The maximum Gasteiger partial charge on any atom is 0.128 e. The zero-order valence-corrected chi connectivity index (χ0v) is 14.1. The first-order valence-electron chi connectivity index (χ1n) is 7.32. The van der Waals surface area contributed by atoms with Crippen LogP contribution in [0, 0.1) is 0 Å². The number of hydrogen-bond acceptors (Lipinski definition) is 2. The fraction of sp³-hybridized carbons (Fsp3) is 0.105. The number of nitrogens with zero attached hydrogens (tertiary/aromatic N) is 1. The van der Waals surface area contributed by atoms with Crippen molar-refractivity contribution in [2.24, 2.45) is 4.99 Å². The minimum Gasteiger partial charge on any atom is -0.493 e. The lowest BCUT2D eigenvalue weighted by Gasteiger charge is -2.10. The van der Waals surface area contributed by atoms with Crippen LogP contribution in [0.2, 0.25) is 10.0 Å². The lowest BCUT2D eigenvalue weighted by Crippen LogP contribution is -1.97. The van der Waals surface area contributed by atoms with E-state index >= 15 is 0 Å². The molecular weight excluding hydrogens is 329 g/mol. The third kappa shape index (κ3) is 3.49. The molecule has 0 aliphatic carbocycles. The number of benzene rings is 3. The second-order valence-corrected chi connectivity index (χ2v) is 5.83. The van der Waals surface area contributed by atoms with Crippen molar-refractivity contribution >= 4 is 45.9 Å². The molecule has 0 aliphatic rings. The first-order valence-corrected chi connectivity index (χ1v) is 8.08. The SMILES string of the molecule is CCOc1ccc2ccccc2c1/C=N/c1cc(Cl)ccc1Cl. The van der Waals surface area contributed by atoms with Gasteiger partial charge in [0.25, 0.3) is 0 Å². The summed E-state index contributed by atoms with van der Waals surface area (Å²) in [5.41, 5.74) is 1.57. The predicted octanol–water partition coefficient (Wildman–Crippen LogP) is 6.30. The van der Waals surface area contributed by atoms with Gasteiger partial charge < -0.3 is 4.74 Å². The molecule has 0 aliphatic heterocycles. The normalized spacial score (nSPS) is 11.3. The number of hydrogen-bond donors (Lipinski definition) is 0. The molecule has 0 radical (unpaired) electrons. The van der Waals surface area contributed by atoms with Gasteiger partial charge in [-0.1, -0.05) is 53.5 Å². The molecule has 0 heterocycles. The Kier molecular flexibility index (Phi) is 4.85. The molecule has 116 valence electrons. The molecule has 0 fully saturated rings. The van der Waals surface area contributed by atoms with Gasteiger partial charge in [0.15, 0.2) is 0 Å². The van der Waals surface area contributed by atoms with Gasteiger partial charge in [-0.25, -0.2) is 0 Å². The van der Waals surface area contributed by atoms with E-state index in [2.05, 4.69) is 17.1 Å². The Labute approximate surface area is 145 Å². The highest BCUT2D eigenvalue weighted by Crippen LogP contribution is 2.30. The molecular formula is C19H15Cl2NO. The zero-order valence-electron chi connectivity index (χ0n) is 12.6. The van der Waals surface area contributed by atoms with Gasteiger partial charge in [-0.3, -0.25) is 4.99 Å². The smallest absolute Gasteiger partial charge is 0.128 e. The van der Waals surface area contributed by atoms with Gasteiger partial charge in [-0.2, -0.15) is 0 Å². The van der Waals surface area contributed by atoms with Gasteiger partial charge in [0.1, 0.15) is 5.75 Å². The van der Waals surface area contributed by atoms with Gasteiger partial charge in [0.2, 0.25) is 0 Å². The molecule has 3 aromatic rings. The van der Waals surface area contributed by atoms with Crippen LogP contribution in [0.25, 0.3) is 10.8 Å². The second kappa shape index (κ2) is 7.03. The zero-order chi connectivity index (χ0) is 16.2. The van der Waals surface area contributed by atoms with Crippen LogP contribution in [0.5, 0.6) is 5.75 Å². The van der Waals surface area contributed by atoms with Gasteiger partial charge >= 0.3 is 0 Å². The largest absolute Gasteiger partial charge is 0.493 e. The number of ether oxygens (including phenoxy) is 1. The number of halogens is 2. The van der Waals surface area contributed by atoms with Crippen molar-refractivity contribution in [1.82, 2.24) is 0 Å². The highest BCUT2D eigenvalue weighted by molar-refractivity contribution is 6.35. The van der Waals surface area contributed by atoms with E-state index in [0.717, 1.165) is 22.1 Å². The molecule has 0 saturated carbocycles. The maximum atomic E-state index is 6.18. The topological polar surface area (TPSA) is 21.6 Å². The highest BCUT2D eigenvalue weighted by atomic mass is 35.5. The van der Waals surface area contributed by atoms with E-state index in [1.165, 1.54) is 0 Å². The number of rotatable bonds is 4. The fourth-order valence-electron chi connectivity index (χ4n) is 2.41. The van der Waals surface area contributed by atoms with Crippen molar-refractivity contribution in [2.45, 2.75) is 6.92 Å². The summed E-state index contributed by atoms with van der Waals surface area (Å²) in [6.07, 6.45) is 1.78. The van der Waals surface area contributed by atoms with Crippen molar-refractivity contribution in [3.05, 3.63) is 70.2 Å². The molecule has 3 aromatic carbocycles. The molecule has 23 heavy (non-hydrogen) atoms. The average molecular weight is 344 g/mol. The van der Waals surface area contributed by atoms with Gasteiger partial charge in [-0.15, -0.1) is 0 Å². The molecule has 0 aromatic heterocycles. The standard InChI is InChI=1S/C19H15Cl2NO/c1-2-23-19-10-7-13-5-3-4-6-15(13)16(19)12-22-18-11-14(20)8-9-17(18)21/h3-12H,2H2,1H3/b22-12+. The Hall–Kier alpha value is -2.03. The highest BCUT2D eigenvalue weighted by Gasteiger charge is 2.07. The summed E-state index contributed by atoms with van der Waals surface area (Å²) >= 11 is 12.2. The van der Waals surface area contributed by atoms with Crippen LogP contribution in [0.15, 0.2) is 59.6 Å². The third-order valence-electron chi connectivity index (χ3n) is 3.47. The fourth-order valence-corrected chi connectivity index (χ4v) is 2.74. The summed E-state index contributed by atoms with van der Waals surface area (Å²) in [4.78, 5) is 4.51. The Morgan fingerprint density at radius 3 is 2.70 bits per heavy atom. The van der Waals surface area contributed by atoms with E-state index in [9.17, 15) is 0 Å². The monoisotopic (exact) mass is 343 g/mol. The van der Waals surface area contributed by atoms with E-state index in [-0.39, 0.29) is 0 Å². The minimum absolute atomic E-state index is 0.559. The molecule has 0 atom stereocenters. The lowest BCUT2D eigenvalue weighted by atomic mass is 10.0. The first-order chi connectivity index (χ1) is 11.2. The molecule has 2 nitrogen and oxygen atoms in total. The van der Waals surface area contributed by atoms with E-state index in [4.69, 9.17) is 27.9 Å². The van der Waals surface area contributed by atoms with E-state index in [0.29, 0.717) is 22.3 Å². The summed E-state index contributed by atoms with van der Waals surface area (Å²) in [5.74, 6) is 0.799. The molecule has 4 heteroatoms. The molecule has 0 unspecified atom stereocenters. The summed E-state index contributed by atoms with van der Waals surface area (Å²) in [5, 5.41) is 3.38. The van der Waals surface area contributed by atoms with Crippen LogP contribution in [0.3, 0.4) is 0 Å².